The van der Waals surface area contributed by atoms with Crippen LogP contribution in [0.25, 0.3) is 0 Å². The van der Waals surface area contributed by atoms with Crippen molar-refractivity contribution >= 4 is 0 Å². The van der Waals surface area contributed by atoms with Crippen LogP contribution in [0.1, 0.15) is 26.7 Å². The van der Waals surface area contributed by atoms with Gasteiger partial charge in [-0.15, -0.1) is 6.42 Å². The molecule has 0 aliphatic rings. The number of hydrogen-bond acceptors (Lipinski definition) is 0. The second-order valence-corrected chi connectivity index (χ2v) is 2.61. The standard InChI is InChI=1S/C11H15/c1-5-10(4)8-9-11(6-2)7-3/h2,10-11H,1,5,7H2,3-4H3. The zero-order valence-corrected chi connectivity index (χ0v) is 7.35. The molecule has 0 aliphatic heterocycles. The Bertz CT molecular complexity index is 184. The van der Waals surface area contributed by atoms with Gasteiger partial charge in [0.25, 0.3) is 0 Å². The Morgan fingerprint density at radius 1 is 1.45 bits per heavy atom. The van der Waals surface area contributed by atoms with E-state index >= 15 is 0 Å². The van der Waals surface area contributed by atoms with Crippen LogP contribution in [0, 0.1) is 42.9 Å². The van der Waals surface area contributed by atoms with Gasteiger partial charge in [0, 0.05) is 5.92 Å². The summed E-state index contributed by atoms with van der Waals surface area (Å²) in [6.07, 6.45) is 7.04. The summed E-state index contributed by atoms with van der Waals surface area (Å²) in [6.45, 7) is 7.87. The first kappa shape index (κ1) is 10.1. The lowest BCUT2D eigenvalue weighted by atomic mass is 10.1. The van der Waals surface area contributed by atoms with Gasteiger partial charge in [-0.05, 0) is 12.8 Å². The van der Waals surface area contributed by atoms with Crippen molar-refractivity contribution < 1.29 is 0 Å². The van der Waals surface area contributed by atoms with Crippen LogP contribution in [0.3, 0.4) is 0 Å². The van der Waals surface area contributed by atoms with Crippen LogP contribution in [-0.4, -0.2) is 0 Å². The molecular formula is C11H15. The fourth-order valence-corrected chi connectivity index (χ4v) is 0.577. The lowest BCUT2D eigenvalue weighted by molar-refractivity contribution is 0.760. The lowest BCUT2D eigenvalue weighted by Crippen LogP contribution is -1.92. The van der Waals surface area contributed by atoms with Gasteiger partial charge in [-0.2, -0.15) is 0 Å². The average molecular weight is 147 g/mol. The predicted octanol–water partition coefficient (Wildman–Crippen LogP) is 2.51. The van der Waals surface area contributed by atoms with Gasteiger partial charge in [0.2, 0.25) is 0 Å². The third-order valence-electron chi connectivity index (χ3n) is 1.55. The lowest BCUT2D eigenvalue weighted by Gasteiger charge is -1.97. The molecule has 2 atom stereocenters. The van der Waals surface area contributed by atoms with E-state index in [0.29, 0.717) is 5.92 Å². The summed E-state index contributed by atoms with van der Waals surface area (Å²) < 4.78 is 0. The molecule has 0 rings (SSSR count). The fourth-order valence-electron chi connectivity index (χ4n) is 0.577. The second-order valence-electron chi connectivity index (χ2n) is 2.61. The summed E-state index contributed by atoms with van der Waals surface area (Å²) in [6, 6.07) is 0. The van der Waals surface area contributed by atoms with E-state index in [1.165, 1.54) is 0 Å². The van der Waals surface area contributed by atoms with E-state index in [4.69, 9.17) is 6.42 Å². The minimum Gasteiger partial charge on any atom is -0.119 e. The Morgan fingerprint density at radius 3 is 2.45 bits per heavy atom. The van der Waals surface area contributed by atoms with Crippen molar-refractivity contribution in [1.29, 1.82) is 0 Å². The molecule has 0 heteroatoms. The number of hydrogen-bond donors (Lipinski definition) is 0. The molecular weight excluding hydrogens is 132 g/mol. The first-order valence-corrected chi connectivity index (χ1v) is 4.01. The summed E-state index contributed by atoms with van der Waals surface area (Å²) in [5.41, 5.74) is 0. The minimum atomic E-state index is 0.129. The maximum absolute atomic E-state index is 5.24. The third-order valence-corrected chi connectivity index (χ3v) is 1.55. The quantitative estimate of drug-likeness (QED) is 0.526. The fraction of sp³-hybridized carbons (Fsp3) is 0.545. The van der Waals surface area contributed by atoms with Crippen molar-refractivity contribution in [2.75, 3.05) is 0 Å². The van der Waals surface area contributed by atoms with Gasteiger partial charge >= 0.3 is 0 Å². The summed E-state index contributed by atoms with van der Waals surface area (Å²) >= 11 is 0. The van der Waals surface area contributed by atoms with Gasteiger partial charge in [-0.3, -0.25) is 0 Å². The molecule has 0 heterocycles. The molecule has 59 valence electrons. The molecule has 0 amide bonds. The molecule has 0 saturated heterocycles. The van der Waals surface area contributed by atoms with E-state index in [2.05, 4.69) is 31.6 Å². The van der Waals surface area contributed by atoms with Gasteiger partial charge in [0.15, 0.2) is 0 Å². The smallest absolute Gasteiger partial charge is 0.0806 e. The van der Waals surface area contributed by atoms with E-state index in [-0.39, 0.29) is 5.92 Å². The SMILES string of the molecule is C#CC(C#CC(C)C[CH2])CC. The van der Waals surface area contributed by atoms with Gasteiger partial charge < -0.3 is 0 Å². The molecule has 0 spiro atoms. The molecule has 11 heavy (non-hydrogen) atoms. The van der Waals surface area contributed by atoms with Crippen molar-refractivity contribution in [2.24, 2.45) is 11.8 Å². The zero-order chi connectivity index (χ0) is 8.69. The van der Waals surface area contributed by atoms with Crippen molar-refractivity contribution in [2.45, 2.75) is 26.7 Å². The molecule has 0 N–H and O–H groups in total. The van der Waals surface area contributed by atoms with E-state index in [0.717, 1.165) is 12.8 Å². The largest absolute Gasteiger partial charge is 0.119 e. The summed E-state index contributed by atoms with van der Waals surface area (Å²) in [5.74, 6) is 9.26. The normalized spacial score (nSPS) is 14.0. The van der Waals surface area contributed by atoms with Gasteiger partial charge in [-0.1, -0.05) is 38.5 Å². The first-order chi connectivity index (χ1) is 5.24. The highest BCUT2D eigenvalue weighted by Crippen LogP contribution is 2.01. The monoisotopic (exact) mass is 147 g/mol. The molecule has 0 saturated carbocycles. The highest BCUT2D eigenvalue weighted by Gasteiger charge is 1.95. The number of rotatable bonds is 2. The summed E-state index contributed by atoms with van der Waals surface area (Å²) in [7, 11) is 0. The van der Waals surface area contributed by atoms with Gasteiger partial charge in [0.1, 0.15) is 0 Å². The minimum absolute atomic E-state index is 0.129. The maximum Gasteiger partial charge on any atom is 0.0806 e. The van der Waals surface area contributed by atoms with E-state index in [1.54, 1.807) is 0 Å². The first-order valence-electron chi connectivity index (χ1n) is 4.01. The summed E-state index contributed by atoms with van der Waals surface area (Å²) in [4.78, 5) is 0. The Hall–Kier alpha value is -0.880. The van der Waals surface area contributed by atoms with Crippen molar-refractivity contribution in [1.82, 2.24) is 0 Å². The second kappa shape index (κ2) is 5.87. The van der Waals surface area contributed by atoms with Gasteiger partial charge in [-0.25, -0.2) is 0 Å². The zero-order valence-electron chi connectivity index (χ0n) is 7.35. The van der Waals surface area contributed by atoms with Crippen LogP contribution in [0.4, 0.5) is 0 Å². The van der Waals surface area contributed by atoms with E-state index in [1.807, 2.05) is 6.92 Å². The van der Waals surface area contributed by atoms with Crippen LogP contribution in [0.2, 0.25) is 0 Å². The molecule has 0 bridgehead atoms. The van der Waals surface area contributed by atoms with Crippen LogP contribution in [0.15, 0.2) is 0 Å². The number of terminal acetylenes is 1. The van der Waals surface area contributed by atoms with Crippen molar-refractivity contribution in [3.8, 4) is 24.2 Å². The topological polar surface area (TPSA) is 0 Å². The van der Waals surface area contributed by atoms with Crippen LogP contribution in [0.5, 0.6) is 0 Å². The maximum atomic E-state index is 5.24. The van der Waals surface area contributed by atoms with E-state index < -0.39 is 0 Å². The van der Waals surface area contributed by atoms with Crippen LogP contribution >= 0.6 is 0 Å². The van der Waals surface area contributed by atoms with Crippen LogP contribution in [-0.2, 0) is 0 Å². The van der Waals surface area contributed by atoms with Gasteiger partial charge in [0.05, 0.1) is 5.92 Å². The molecule has 0 aromatic heterocycles. The van der Waals surface area contributed by atoms with Crippen molar-refractivity contribution in [3.63, 3.8) is 0 Å². The van der Waals surface area contributed by atoms with Crippen molar-refractivity contribution in [3.05, 3.63) is 6.92 Å². The molecule has 0 aromatic carbocycles. The highest BCUT2D eigenvalue weighted by atomic mass is 14.0. The predicted molar refractivity (Wildman–Crippen MR) is 49.5 cm³/mol. The Balaban J connectivity index is 3.95. The highest BCUT2D eigenvalue weighted by molar-refractivity contribution is 5.15. The Kier molecular flexibility index (Phi) is 5.40. The Morgan fingerprint density at radius 2 is 2.09 bits per heavy atom. The molecule has 0 fully saturated rings. The average Bonchev–Trinajstić information content (AvgIpc) is 2.06. The molecule has 0 aromatic rings. The molecule has 2 unspecified atom stereocenters. The van der Waals surface area contributed by atoms with E-state index in [9.17, 15) is 0 Å². The Labute approximate surface area is 70.4 Å². The third kappa shape index (κ3) is 4.51. The molecule has 1 radical (unpaired) electrons. The van der Waals surface area contributed by atoms with Crippen LogP contribution < -0.4 is 0 Å². The molecule has 0 nitrogen and oxygen atoms in total. The molecule has 0 aliphatic carbocycles. The summed E-state index contributed by atoms with van der Waals surface area (Å²) in [5, 5.41) is 0.